The number of ether oxygens (including phenoxy) is 1. The summed E-state index contributed by atoms with van der Waals surface area (Å²) in [6, 6.07) is 7.25. The monoisotopic (exact) mass is 367 g/mol. The summed E-state index contributed by atoms with van der Waals surface area (Å²) in [5.74, 6) is 2.01. The summed E-state index contributed by atoms with van der Waals surface area (Å²) in [6.07, 6.45) is 3.42. The molecule has 1 atom stereocenters. The summed E-state index contributed by atoms with van der Waals surface area (Å²) in [4.78, 5) is 23.4. The molecular weight excluding hydrogens is 346 g/mol. The highest BCUT2D eigenvalue weighted by Gasteiger charge is 2.23. The van der Waals surface area contributed by atoms with Gasteiger partial charge < -0.3 is 10.1 Å². The van der Waals surface area contributed by atoms with Gasteiger partial charge in [0, 0.05) is 10.6 Å². The Morgan fingerprint density at radius 3 is 2.77 bits per heavy atom. The van der Waals surface area contributed by atoms with Crippen molar-refractivity contribution < 1.29 is 9.53 Å². The fourth-order valence-electron chi connectivity index (χ4n) is 3.48. The van der Waals surface area contributed by atoms with Crippen LogP contribution >= 0.6 is 11.3 Å². The van der Waals surface area contributed by atoms with E-state index < -0.39 is 0 Å². The number of anilines is 2. The zero-order chi connectivity index (χ0) is 18.3. The maximum absolute atomic E-state index is 11.6. The molecule has 0 aliphatic heterocycles. The molecule has 1 N–H and O–H groups in total. The van der Waals surface area contributed by atoms with Crippen LogP contribution < -0.4 is 5.32 Å². The van der Waals surface area contributed by atoms with Gasteiger partial charge in [-0.3, -0.25) is 0 Å². The summed E-state index contributed by atoms with van der Waals surface area (Å²) in [5, 5.41) is 4.58. The third-order valence-electron chi connectivity index (χ3n) is 4.84. The van der Waals surface area contributed by atoms with Gasteiger partial charge in [0.05, 0.1) is 18.1 Å². The lowest BCUT2D eigenvalue weighted by Gasteiger charge is -2.18. The maximum Gasteiger partial charge on any atom is 0.337 e. The SMILES string of the molecule is COC(=O)c1ccc(Nc2nc(C)nc3sc4c(c23)CCC(C)C4)cc1. The summed E-state index contributed by atoms with van der Waals surface area (Å²) in [7, 11) is 1.38. The molecule has 0 fully saturated rings. The molecule has 0 amide bonds. The first-order chi connectivity index (χ1) is 12.5. The van der Waals surface area contributed by atoms with Crippen LogP contribution in [0.15, 0.2) is 24.3 Å². The molecule has 3 aromatic rings. The van der Waals surface area contributed by atoms with Gasteiger partial charge in [-0.15, -0.1) is 11.3 Å². The van der Waals surface area contributed by atoms with Gasteiger partial charge in [-0.05, 0) is 61.9 Å². The lowest BCUT2D eigenvalue weighted by molar-refractivity contribution is 0.0601. The van der Waals surface area contributed by atoms with E-state index in [1.165, 1.54) is 24.0 Å². The molecule has 2 aromatic heterocycles. The van der Waals surface area contributed by atoms with E-state index in [4.69, 9.17) is 4.74 Å². The average molecular weight is 367 g/mol. The number of benzene rings is 1. The van der Waals surface area contributed by atoms with E-state index in [1.54, 1.807) is 23.5 Å². The normalized spacial score (nSPS) is 16.3. The van der Waals surface area contributed by atoms with Gasteiger partial charge >= 0.3 is 5.97 Å². The Hall–Kier alpha value is -2.47. The summed E-state index contributed by atoms with van der Waals surface area (Å²) >= 11 is 1.80. The van der Waals surface area contributed by atoms with Crippen molar-refractivity contribution in [3.05, 3.63) is 46.1 Å². The Bertz CT molecular complexity index is 979. The third kappa shape index (κ3) is 3.05. The van der Waals surface area contributed by atoms with Crippen LogP contribution in [0.1, 0.15) is 40.0 Å². The van der Waals surface area contributed by atoms with Crippen LogP contribution in [0.4, 0.5) is 11.5 Å². The molecule has 2 heterocycles. The molecule has 1 aromatic carbocycles. The predicted molar refractivity (Wildman–Crippen MR) is 104 cm³/mol. The second-order valence-corrected chi connectivity index (χ2v) is 7.93. The van der Waals surface area contributed by atoms with Gasteiger partial charge in [-0.25, -0.2) is 14.8 Å². The van der Waals surface area contributed by atoms with Gasteiger partial charge in [0.1, 0.15) is 16.5 Å². The summed E-state index contributed by atoms with van der Waals surface area (Å²) in [6.45, 7) is 4.23. The average Bonchev–Trinajstić information content (AvgIpc) is 2.98. The molecule has 0 bridgehead atoms. The minimum Gasteiger partial charge on any atom is -0.465 e. The Kier molecular flexibility index (Phi) is 4.36. The second kappa shape index (κ2) is 6.68. The van der Waals surface area contributed by atoms with Crippen LogP contribution in [0.3, 0.4) is 0 Å². The first kappa shape index (κ1) is 17.0. The first-order valence-corrected chi connectivity index (χ1v) is 9.61. The number of hydrogen-bond acceptors (Lipinski definition) is 6. The lowest BCUT2D eigenvalue weighted by atomic mass is 9.89. The maximum atomic E-state index is 11.6. The van der Waals surface area contributed by atoms with Crippen LogP contribution in [0.5, 0.6) is 0 Å². The van der Waals surface area contributed by atoms with Crippen molar-refractivity contribution in [2.45, 2.75) is 33.1 Å². The number of fused-ring (bicyclic) bond motifs is 3. The molecule has 0 saturated carbocycles. The van der Waals surface area contributed by atoms with E-state index in [1.807, 2.05) is 19.1 Å². The molecule has 0 spiro atoms. The van der Waals surface area contributed by atoms with Gasteiger partial charge in [-0.1, -0.05) is 6.92 Å². The van der Waals surface area contributed by atoms with Crippen molar-refractivity contribution in [1.29, 1.82) is 0 Å². The lowest BCUT2D eigenvalue weighted by Crippen LogP contribution is -2.09. The van der Waals surface area contributed by atoms with Gasteiger partial charge in [0.2, 0.25) is 0 Å². The minimum atomic E-state index is -0.335. The van der Waals surface area contributed by atoms with Crippen molar-refractivity contribution in [3.8, 4) is 0 Å². The highest BCUT2D eigenvalue weighted by Crippen LogP contribution is 2.40. The number of nitrogens with one attached hydrogen (secondary N) is 1. The fourth-order valence-corrected chi connectivity index (χ4v) is 4.91. The van der Waals surface area contributed by atoms with Crippen LogP contribution in [0.25, 0.3) is 10.2 Å². The Balaban J connectivity index is 1.73. The highest BCUT2D eigenvalue weighted by atomic mass is 32.1. The number of carbonyl (C=O) groups excluding carboxylic acids is 1. The zero-order valence-electron chi connectivity index (χ0n) is 15.1. The minimum absolute atomic E-state index is 0.335. The third-order valence-corrected chi connectivity index (χ3v) is 5.98. The Morgan fingerprint density at radius 2 is 2.04 bits per heavy atom. The van der Waals surface area contributed by atoms with Crippen LogP contribution in [0.2, 0.25) is 0 Å². The molecule has 0 radical (unpaired) electrons. The molecule has 0 saturated heterocycles. The second-order valence-electron chi connectivity index (χ2n) is 6.85. The van der Waals surface area contributed by atoms with Crippen molar-refractivity contribution in [2.24, 2.45) is 5.92 Å². The Labute approximate surface area is 156 Å². The van der Waals surface area contributed by atoms with Gasteiger partial charge in [0.25, 0.3) is 0 Å². The highest BCUT2D eigenvalue weighted by molar-refractivity contribution is 7.19. The topological polar surface area (TPSA) is 64.1 Å². The number of aryl methyl sites for hydroxylation is 2. The van der Waals surface area contributed by atoms with E-state index in [0.29, 0.717) is 5.56 Å². The molecule has 6 heteroatoms. The van der Waals surface area contributed by atoms with Crippen LogP contribution in [-0.2, 0) is 17.6 Å². The Morgan fingerprint density at radius 1 is 1.27 bits per heavy atom. The van der Waals surface area contributed by atoms with E-state index in [2.05, 4.69) is 22.2 Å². The zero-order valence-corrected chi connectivity index (χ0v) is 15.9. The van der Waals surface area contributed by atoms with Crippen molar-refractivity contribution >= 4 is 39.0 Å². The van der Waals surface area contributed by atoms with Gasteiger partial charge in [-0.2, -0.15) is 0 Å². The molecule has 1 aliphatic carbocycles. The predicted octanol–water partition coefficient (Wildman–Crippen LogP) is 4.65. The molecule has 1 aliphatic rings. The first-order valence-electron chi connectivity index (χ1n) is 8.79. The number of aromatic nitrogens is 2. The number of hydrogen-bond donors (Lipinski definition) is 1. The molecule has 5 nitrogen and oxygen atoms in total. The fraction of sp³-hybridized carbons (Fsp3) is 0.350. The number of thiophene rings is 1. The quantitative estimate of drug-likeness (QED) is 0.683. The van der Waals surface area contributed by atoms with Crippen molar-refractivity contribution in [2.75, 3.05) is 12.4 Å². The molecular formula is C20H21N3O2S. The summed E-state index contributed by atoms with van der Waals surface area (Å²) in [5.41, 5.74) is 2.82. The van der Waals surface area contributed by atoms with Crippen LogP contribution in [0, 0.1) is 12.8 Å². The van der Waals surface area contributed by atoms with E-state index >= 15 is 0 Å². The number of rotatable bonds is 3. The van der Waals surface area contributed by atoms with Crippen molar-refractivity contribution in [1.82, 2.24) is 9.97 Å². The number of methoxy groups -OCH3 is 1. The van der Waals surface area contributed by atoms with E-state index in [9.17, 15) is 4.79 Å². The largest absolute Gasteiger partial charge is 0.465 e. The smallest absolute Gasteiger partial charge is 0.337 e. The van der Waals surface area contributed by atoms with E-state index in [-0.39, 0.29) is 5.97 Å². The summed E-state index contributed by atoms with van der Waals surface area (Å²) < 4.78 is 4.75. The molecule has 4 rings (SSSR count). The number of nitrogens with zero attached hydrogens (tertiary/aromatic N) is 2. The van der Waals surface area contributed by atoms with E-state index in [0.717, 1.165) is 46.3 Å². The molecule has 26 heavy (non-hydrogen) atoms. The number of carbonyl (C=O) groups is 1. The number of esters is 1. The van der Waals surface area contributed by atoms with Gasteiger partial charge in [0.15, 0.2) is 0 Å². The molecule has 134 valence electrons. The van der Waals surface area contributed by atoms with Crippen LogP contribution in [-0.4, -0.2) is 23.0 Å². The standard InChI is InChI=1S/C20H21N3O2S/c1-11-4-9-15-16(10-11)26-19-17(15)18(21-12(2)22-19)23-14-7-5-13(6-8-14)20(24)25-3/h5-8,11H,4,9-10H2,1-3H3,(H,21,22,23). The van der Waals surface area contributed by atoms with Crippen molar-refractivity contribution in [3.63, 3.8) is 0 Å². The molecule has 1 unspecified atom stereocenters.